The number of benzene rings is 1. The maximum atomic E-state index is 11.5. The Labute approximate surface area is 134 Å². The van der Waals surface area contributed by atoms with Crippen LogP contribution in [0.15, 0.2) is 51.7 Å². The van der Waals surface area contributed by atoms with E-state index in [2.05, 4.69) is 36.8 Å². The smallest absolute Gasteiger partial charge is 0.307 e. The summed E-state index contributed by atoms with van der Waals surface area (Å²) in [5.74, 6) is -1.26. The normalized spacial score (nSPS) is 12.1. The zero-order chi connectivity index (χ0) is 14.5. The van der Waals surface area contributed by atoms with E-state index in [9.17, 15) is 9.90 Å². The summed E-state index contributed by atoms with van der Waals surface area (Å²) in [6.45, 7) is 0. The van der Waals surface area contributed by atoms with Gasteiger partial charge in [0, 0.05) is 21.3 Å². The second kappa shape index (κ2) is 6.99. The molecule has 1 aromatic carbocycles. The topological polar surface area (TPSA) is 50.2 Å². The average molecular weight is 399 g/mol. The largest absolute Gasteiger partial charge is 0.481 e. The number of carboxylic acid groups (broad SMARTS) is 1. The van der Waals surface area contributed by atoms with Crippen molar-refractivity contribution < 1.29 is 9.90 Å². The summed E-state index contributed by atoms with van der Waals surface area (Å²) in [5, 5.41) is 9.41. The van der Waals surface area contributed by atoms with Crippen molar-refractivity contribution in [2.45, 2.75) is 12.8 Å². The molecule has 1 heterocycles. The molecule has 0 fully saturated rings. The van der Waals surface area contributed by atoms with Gasteiger partial charge in [0.15, 0.2) is 0 Å². The molecule has 104 valence electrons. The van der Waals surface area contributed by atoms with Crippen molar-refractivity contribution in [1.82, 2.24) is 4.98 Å². The van der Waals surface area contributed by atoms with Crippen molar-refractivity contribution in [3.05, 3.63) is 62.8 Å². The van der Waals surface area contributed by atoms with E-state index in [1.54, 1.807) is 12.4 Å². The predicted molar refractivity (Wildman–Crippen MR) is 84.6 cm³/mol. The summed E-state index contributed by atoms with van der Waals surface area (Å²) >= 11 is 6.81. The Morgan fingerprint density at radius 2 is 1.95 bits per heavy atom. The molecule has 2 rings (SSSR count). The monoisotopic (exact) mass is 397 g/mol. The molecule has 0 spiro atoms. The van der Waals surface area contributed by atoms with Crippen LogP contribution in [0.2, 0.25) is 0 Å². The van der Waals surface area contributed by atoms with Crippen LogP contribution in [0.3, 0.4) is 0 Å². The van der Waals surface area contributed by atoms with Gasteiger partial charge in [-0.25, -0.2) is 0 Å². The first-order valence-corrected chi connectivity index (χ1v) is 7.70. The lowest BCUT2D eigenvalue weighted by atomic mass is 9.93. The highest BCUT2D eigenvalue weighted by Crippen LogP contribution is 2.22. The molecule has 0 saturated carbocycles. The van der Waals surface area contributed by atoms with Crippen LogP contribution in [0, 0.1) is 5.92 Å². The van der Waals surface area contributed by atoms with Crippen molar-refractivity contribution in [3.63, 3.8) is 0 Å². The van der Waals surface area contributed by atoms with Crippen LogP contribution in [-0.2, 0) is 17.6 Å². The van der Waals surface area contributed by atoms with Gasteiger partial charge in [-0.3, -0.25) is 9.78 Å². The number of hydrogen-bond donors (Lipinski definition) is 1. The van der Waals surface area contributed by atoms with Gasteiger partial charge in [-0.05, 0) is 52.0 Å². The molecule has 1 unspecified atom stereocenters. The Bertz CT molecular complexity index is 616. The Hall–Kier alpha value is -1.20. The molecule has 0 saturated heterocycles. The molecular weight excluding hydrogens is 386 g/mol. The Morgan fingerprint density at radius 3 is 2.60 bits per heavy atom. The van der Waals surface area contributed by atoms with Gasteiger partial charge in [0.25, 0.3) is 0 Å². The average Bonchev–Trinajstić information content (AvgIpc) is 2.40. The third kappa shape index (κ3) is 4.15. The summed E-state index contributed by atoms with van der Waals surface area (Å²) in [4.78, 5) is 15.5. The second-order valence-electron chi connectivity index (χ2n) is 4.55. The molecule has 0 aliphatic rings. The predicted octanol–water partition coefficient (Wildman–Crippen LogP) is 4.09. The summed E-state index contributed by atoms with van der Waals surface area (Å²) < 4.78 is 1.80. The lowest BCUT2D eigenvalue weighted by Gasteiger charge is -2.13. The molecule has 0 amide bonds. The van der Waals surface area contributed by atoms with Gasteiger partial charge in [-0.15, -0.1) is 0 Å². The number of nitrogens with zero attached hydrogens (tertiary/aromatic N) is 1. The maximum Gasteiger partial charge on any atom is 0.307 e. The SMILES string of the molecule is O=C(O)C(Cc1cncc(Br)c1)Cc1ccccc1Br. The summed E-state index contributed by atoms with van der Waals surface area (Å²) in [5.41, 5.74) is 1.92. The first-order valence-electron chi connectivity index (χ1n) is 6.12. The number of rotatable bonds is 5. The quantitative estimate of drug-likeness (QED) is 0.824. The van der Waals surface area contributed by atoms with Crippen molar-refractivity contribution in [2.24, 2.45) is 5.92 Å². The van der Waals surface area contributed by atoms with Crippen LogP contribution in [0.4, 0.5) is 0 Å². The summed E-state index contributed by atoms with van der Waals surface area (Å²) in [6.07, 6.45) is 4.35. The van der Waals surface area contributed by atoms with Crippen molar-refractivity contribution in [1.29, 1.82) is 0 Å². The minimum absolute atomic E-state index is 0.461. The number of aromatic nitrogens is 1. The number of carbonyl (C=O) groups is 1. The van der Waals surface area contributed by atoms with Gasteiger partial charge in [0.1, 0.15) is 0 Å². The van der Waals surface area contributed by atoms with Crippen LogP contribution in [-0.4, -0.2) is 16.1 Å². The fraction of sp³-hybridized carbons (Fsp3) is 0.200. The molecule has 1 atom stereocenters. The van der Waals surface area contributed by atoms with Crippen molar-refractivity contribution in [3.8, 4) is 0 Å². The molecule has 0 bridgehead atoms. The summed E-state index contributed by atoms with van der Waals surface area (Å²) in [6, 6.07) is 9.61. The number of hydrogen-bond acceptors (Lipinski definition) is 2. The molecule has 1 N–H and O–H groups in total. The van der Waals surface area contributed by atoms with Crippen LogP contribution in [0.1, 0.15) is 11.1 Å². The van der Waals surface area contributed by atoms with Crippen LogP contribution >= 0.6 is 31.9 Å². The highest BCUT2D eigenvalue weighted by Gasteiger charge is 2.20. The summed E-state index contributed by atoms with van der Waals surface area (Å²) in [7, 11) is 0. The molecule has 3 nitrogen and oxygen atoms in total. The van der Waals surface area contributed by atoms with Crippen LogP contribution in [0.5, 0.6) is 0 Å². The first kappa shape index (κ1) is 15.2. The lowest BCUT2D eigenvalue weighted by molar-refractivity contribution is -0.141. The molecule has 20 heavy (non-hydrogen) atoms. The van der Waals surface area contributed by atoms with E-state index < -0.39 is 11.9 Å². The minimum atomic E-state index is -0.791. The van der Waals surface area contributed by atoms with E-state index in [1.807, 2.05) is 30.3 Å². The Morgan fingerprint density at radius 1 is 1.20 bits per heavy atom. The highest BCUT2D eigenvalue weighted by atomic mass is 79.9. The standard InChI is InChI=1S/C15H13Br2NO2/c16-13-6-10(8-18-9-13)5-12(15(19)20)7-11-3-1-2-4-14(11)17/h1-4,6,8-9,12H,5,7H2,(H,19,20). The fourth-order valence-electron chi connectivity index (χ4n) is 2.03. The van der Waals surface area contributed by atoms with Crippen LogP contribution in [0.25, 0.3) is 0 Å². The third-order valence-corrected chi connectivity index (χ3v) is 4.22. The van der Waals surface area contributed by atoms with Gasteiger partial charge in [0.2, 0.25) is 0 Å². The number of carboxylic acids is 1. The van der Waals surface area contributed by atoms with Gasteiger partial charge >= 0.3 is 5.97 Å². The van der Waals surface area contributed by atoms with E-state index in [4.69, 9.17) is 0 Å². The van der Waals surface area contributed by atoms with Gasteiger partial charge in [-0.2, -0.15) is 0 Å². The zero-order valence-corrected chi connectivity index (χ0v) is 13.8. The highest BCUT2D eigenvalue weighted by molar-refractivity contribution is 9.10. The van der Waals surface area contributed by atoms with E-state index in [1.165, 1.54) is 0 Å². The van der Waals surface area contributed by atoms with Crippen molar-refractivity contribution >= 4 is 37.8 Å². The van der Waals surface area contributed by atoms with Gasteiger partial charge < -0.3 is 5.11 Å². The first-order chi connectivity index (χ1) is 9.56. The van der Waals surface area contributed by atoms with Crippen molar-refractivity contribution in [2.75, 3.05) is 0 Å². The van der Waals surface area contributed by atoms with E-state index in [0.29, 0.717) is 12.8 Å². The second-order valence-corrected chi connectivity index (χ2v) is 6.32. The third-order valence-electron chi connectivity index (χ3n) is 3.02. The fourth-order valence-corrected chi connectivity index (χ4v) is 2.89. The Kier molecular flexibility index (Phi) is 5.31. The van der Waals surface area contributed by atoms with E-state index in [0.717, 1.165) is 20.1 Å². The molecule has 0 aliphatic heterocycles. The number of aliphatic carboxylic acids is 1. The molecule has 2 aromatic rings. The zero-order valence-electron chi connectivity index (χ0n) is 10.6. The minimum Gasteiger partial charge on any atom is -0.481 e. The Balaban J connectivity index is 2.16. The molecule has 0 aliphatic carbocycles. The van der Waals surface area contributed by atoms with E-state index in [-0.39, 0.29) is 0 Å². The molecule has 5 heteroatoms. The molecule has 0 radical (unpaired) electrons. The molecular formula is C15H13Br2NO2. The molecule has 1 aromatic heterocycles. The number of pyridine rings is 1. The maximum absolute atomic E-state index is 11.5. The number of halogens is 2. The lowest BCUT2D eigenvalue weighted by Crippen LogP contribution is -2.19. The van der Waals surface area contributed by atoms with E-state index >= 15 is 0 Å². The van der Waals surface area contributed by atoms with Gasteiger partial charge in [0.05, 0.1) is 5.92 Å². The van der Waals surface area contributed by atoms with Gasteiger partial charge in [-0.1, -0.05) is 34.1 Å². The van der Waals surface area contributed by atoms with Crippen LogP contribution < -0.4 is 0 Å².